The molecule has 0 spiro atoms. The summed E-state index contributed by atoms with van der Waals surface area (Å²) in [6.07, 6.45) is 1.02. The zero-order valence-electron chi connectivity index (χ0n) is 14.6. The minimum atomic E-state index is -3.69. The van der Waals surface area contributed by atoms with Gasteiger partial charge in [0.15, 0.2) is 5.78 Å². The van der Waals surface area contributed by atoms with Crippen molar-refractivity contribution in [2.24, 2.45) is 0 Å². The van der Waals surface area contributed by atoms with E-state index in [9.17, 15) is 18.0 Å². The van der Waals surface area contributed by atoms with E-state index in [-0.39, 0.29) is 5.78 Å². The summed E-state index contributed by atoms with van der Waals surface area (Å²) in [5.74, 6) is -0.637. The summed E-state index contributed by atoms with van der Waals surface area (Å²) in [6, 6.07) is 11.1. The van der Waals surface area contributed by atoms with Crippen LogP contribution in [0.1, 0.15) is 22.8 Å². The van der Waals surface area contributed by atoms with Gasteiger partial charge in [-0.3, -0.25) is 13.9 Å². The second-order valence-corrected chi connectivity index (χ2v) is 8.20. The fourth-order valence-corrected chi connectivity index (χ4v) is 3.30. The van der Waals surface area contributed by atoms with E-state index in [2.05, 4.69) is 5.32 Å². The Labute approximate surface area is 157 Å². The highest BCUT2D eigenvalue weighted by atomic mass is 35.5. The molecule has 0 atom stereocenters. The third kappa shape index (κ3) is 5.06. The number of aryl methyl sites for hydroxylation is 1. The maximum absolute atomic E-state index is 12.3. The van der Waals surface area contributed by atoms with Crippen molar-refractivity contribution in [3.63, 3.8) is 0 Å². The Hall–Kier alpha value is -2.38. The smallest absolute Gasteiger partial charge is 0.245 e. The zero-order valence-corrected chi connectivity index (χ0v) is 16.2. The molecule has 138 valence electrons. The van der Waals surface area contributed by atoms with E-state index in [1.807, 2.05) is 6.92 Å². The Bertz CT molecular complexity index is 940. The van der Waals surface area contributed by atoms with Crippen LogP contribution in [-0.4, -0.2) is 32.9 Å². The van der Waals surface area contributed by atoms with Crippen LogP contribution in [-0.2, 0) is 14.8 Å². The minimum Gasteiger partial charge on any atom is -0.324 e. The first-order valence-electron chi connectivity index (χ1n) is 7.72. The van der Waals surface area contributed by atoms with Crippen LogP contribution in [0.15, 0.2) is 42.5 Å². The van der Waals surface area contributed by atoms with Crippen LogP contribution in [0.5, 0.6) is 0 Å². The number of carbonyl (C=O) groups excluding carboxylic acids is 2. The van der Waals surface area contributed by atoms with Gasteiger partial charge in [0.05, 0.1) is 11.9 Å². The Kier molecular flexibility index (Phi) is 6.05. The highest BCUT2D eigenvalue weighted by molar-refractivity contribution is 7.92. The van der Waals surface area contributed by atoms with Gasteiger partial charge < -0.3 is 5.32 Å². The lowest BCUT2D eigenvalue weighted by Crippen LogP contribution is -2.37. The molecule has 0 bridgehead atoms. The van der Waals surface area contributed by atoms with Gasteiger partial charge in [-0.2, -0.15) is 0 Å². The molecular formula is C18H19ClN2O4S. The number of hydrogen-bond donors (Lipinski definition) is 1. The van der Waals surface area contributed by atoms with Crippen molar-refractivity contribution in [3.8, 4) is 0 Å². The predicted octanol–water partition coefficient (Wildman–Crippen LogP) is 3.26. The molecule has 0 aromatic heterocycles. The zero-order chi connectivity index (χ0) is 19.5. The first-order valence-corrected chi connectivity index (χ1v) is 9.95. The molecule has 2 rings (SSSR count). The van der Waals surface area contributed by atoms with Crippen LogP contribution >= 0.6 is 11.6 Å². The Balaban J connectivity index is 2.21. The number of benzene rings is 2. The van der Waals surface area contributed by atoms with E-state index in [0.717, 1.165) is 16.1 Å². The van der Waals surface area contributed by atoms with Crippen molar-refractivity contribution in [3.05, 3.63) is 58.6 Å². The van der Waals surface area contributed by atoms with E-state index >= 15 is 0 Å². The van der Waals surface area contributed by atoms with Crippen molar-refractivity contribution in [2.75, 3.05) is 22.4 Å². The molecule has 0 aliphatic rings. The normalized spacial score (nSPS) is 11.1. The fourth-order valence-electron chi connectivity index (χ4n) is 2.26. The molecule has 0 heterocycles. The van der Waals surface area contributed by atoms with Crippen LogP contribution in [0.25, 0.3) is 0 Å². The number of nitrogens with zero attached hydrogens (tertiary/aromatic N) is 1. The molecule has 0 fully saturated rings. The number of Topliss-reactive ketones (excluding diaryl/α,β-unsaturated/α-hetero) is 1. The van der Waals surface area contributed by atoms with Crippen LogP contribution in [0.3, 0.4) is 0 Å². The number of rotatable bonds is 6. The van der Waals surface area contributed by atoms with E-state index in [0.29, 0.717) is 22.0 Å². The lowest BCUT2D eigenvalue weighted by atomic mass is 10.1. The molecular weight excluding hydrogens is 376 g/mol. The van der Waals surface area contributed by atoms with Crippen molar-refractivity contribution in [1.29, 1.82) is 0 Å². The molecule has 2 aromatic rings. The molecule has 8 heteroatoms. The van der Waals surface area contributed by atoms with E-state index in [1.165, 1.54) is 31.2 Å². The van der Waals surface area contributed by atoms with E-state index in [1.54, 1.807) is 18.2 Å². The third-order valence-electron chi connectivity index (χ3n) is 3.70. The number of nitrogens with one attached hydrogen (secondary N) is 1. The second kappa shape index (κ2) is 7.88. The highest BCUT2D eigenvalue weighted by Crippen LogP contribution is 2.21. The summed E-state index contributed by atoms with van der Waals surface area (Å²) in [7, 11) is -3.69. The number of carbonyl (C=O) groups is 2. The molecule has 1 N–H and O–H groups in total. The van der Waals surface area contributed by atoms with Gasteiger partial charge in [-0.15, -0.1) is 0 Å². The second-order valence-electron chi connectivity index (χ2n) is 5.88. The first kappa shape index (κ1) is 19.9. The molecule has 0 aliphatic heterocycles. The number of amides is 1. The minimum absolute atomic E-state index is 0.128. The van der Waals surface area contributed by atoms with Crippen LogP contribution in [0.4, 0.5) is 11.4 Å². The summed E-state index contributed by atoms with van der Waals surface area (Å²) < 4.78 is 25.2. The fraction of sp³-hybridized carbons (Fsp3) is 0.222. The first-order chi connectivity index (χ1) is 12.1. The monoisotopic (exact) mass is 394 g/mol. The number of sulfonamides is 1. The molecule has 2 aromatic carbocycles. The molecule has 0 unspecified atom stereocenters. The van der Waals surface area contributed by atoms with Crippen molar-refractivity contribution < 1.29 is 18.0 Å². The SMILES string of the molecule is CC(=O)c1ccc(N(CC(=O)Nc2ccc(C)c(Cl)c2)S(C)(=O)=O)cc1. The van der Waals surface area contributed by atoms with Gasteiger partial charge >= 0.3 is 0 Å². The molecule has 0 aliphatic carbocycles. The molecule has 26 heavy (non-hydrogen) atoms. The molecule has 0 radical (unpaired) electrons. The maximum atomic E-state index is 12.3. The van der Waals surface area contributed by atoms with E-state index in [4.69, 9.17) is 11.6 Å². The average Bonchev–Trinajstić information content (AvgIpc) is 2.55. The number of hydrogen-bond acceptors (Lipinski definition) is 4. The average molecular weight is 395 g/mol. The Morgan fingerprint density at radius 1 is 1.12 bits per heavy atom. The van der Waals surface area contributed by atoms with E-state index < -0.39 is 22.5 Å². The van der Waals surface area contributed by atoms with Crippen LogP contribution in [0, 0.1) is 6.92 Å². The van der Waals surface area contributed by atoms with Gasteiger partial charge in [-0.1, -0.05) is 17.7 Å². The quantitative estimate of drug-likeness (QED) is 0.762. The largest absolute Gasteiger partial charge is 0.324 e. The maximum Gasteiger partial charge on any atom is 0.245 e. The molecule has 0 saturated heterocycles. The topological polar surface area (TPSA) is 83.6 Å². The summed E-state index contributed by atoms with van der Waals surface area (Å²) >= 11 is 6.03. The van der Waals surface area contributed by atoms with Crippen molar-refractivity contribution in [1.82, 2.24) is 0 Å². The van der Waals surface area contributed by atoms with Gasteiger partial charge in [-0.25, -0.2) is 8.42 Å². The van der Waals surface area contributed by atoms with Crippen LogP contribution in [0.2, 0.25) is 5.02 Å². The summed E-state index contributed by atoms with van der Waals surface area (Å²) in [6.45, 7) is 2.86. The van der Waals surface area contributed by atoms with Gasteiger partial charge in [0.25, 0.3) is 0 Å². The third-order valence-corrected chi connectivity index (χ3v) is 5.25. The highest BCUT2D eigenvalue weighted by Gasteiger charge is 2.21. The summed E-state index contributed by atoms with van der Waals surface area (Å²) in [5, 5.41) is 3.13. The number of ketones is 1. The van der Waals surface area contributed by atoms with Crippen LogP contribution < -0.4 is 9.62 Å². The summed E-state index contributed by atoms with van der Waals surface area (Å²) in [5.41, 5.74) is 2.11. The van der Waals surface area contributed by atoms with Crippen molar-refractivity contribution in [2.45, 2.75) is 13.8 Å². The Morgan fingerprint density at radius 3 is 2.23 bits per heavy atom. The molecule has 1 amide bonds. The van der Waals surface area contributed by atoms with Gasteiger partial charge in [0, 0.05) is 16.3 Å². The molecule has 0 saturated carbocycles. The lowest BCUT2D eigenvalue weighted by Gasteiger charge is -2.22. The number of halogens is 1. The predicted molar refractivity (Wildman–Crippen MR) is 103 cm³/mol. The van der Waals surface area contributed by atoms with Gasteiger partial charge in [0.1, 0.15) is 6.54 Å². The Morgan fingerprint density at radius 2 is 1.73 bits per heavy atom. The molecule has 6 nitrogen and oxygen atoms in total. The standard InChI is InChI=1S/C18H19ClN2O4S/c1-12-4-7-15(10-17(12)19)20-18(23)11-21(26(3,24)25)16-8-5-14(6-9-16)13(2)22/h4-10H,11H2,1-3H3,(H,20,23). The summed E-state index contributed by atoms with van der Waals surface area (Å²) in [4.78, 5) is 23.6. The van der Waals surface area contributed by atoms with Crippen molar-refractivity contribution >= 4 is 44.7 Å². The number of anilines is 2. The van der Waals surface area contributed by atoms with Gasteiger partial charge in [-0.05, 0) is 55.8 Å². The lowest BCUT2D eigenvalue weighted by molar-refractivity contribution is -0.114. The van der Waals surface area contributed by atoms with Gasteiger partial charge in [0.2, 0.25) is 15.9 Å².